The number of hydrogen-bond donors (Lipinski definition) is 2. The van der Waals surface area contributed by atoms with Gasteiger partial charge in [0.05, 0.1) is 22.4 Å². The number of hydrogen-bond acceptors (Lipinski definition) is 4. The fourth-order valence-electron chi connectivity index (χ4n) is 4.94. The van der Waals surface area contributed by atoms with Crippen molar-refractivity contribution in [2.75, 3.05) is 19.6 Å². The van der Waals surface area contributed by atoms with Gasteiger partial charge in [0, 0.05) is 19.6 Å². The van der Waals surface area contributed by atoms with Crippen LogP contribution in [0, 0.1) is 12.8 Å². The van der Waals surface area contributed by atoms with Crippen molar-refractivity contribution in [3.05, 3.63) is 64.2 Å². The van der Waals surface area contributed by atoms with Crippen molar-refractivity contribution in [2.24, 2.45) is 5.92 Å². The Bertz CT molecular complexity index is 1180. The van der Waals surface area contributed by atoms with Crippen molar-refractivity contribution >= 4 is 16.0 Å². The number of piperazine rings is 1. The van der Waals surface area contributed by atoms with Gasteiger partial charge in [-0.15, -0.1) is 0 Å². The second-order valence-corrected chi connectivity index (χ2v) is 10.6. The summed E-state index contributed by atoms with van der Waals surface area (Å²) >= 11 is 0. The Hall–Kier alpha value is -2.43. The molecule has 1 aliphatic carbocycles. The number of aryl methyl sites for hydroxylation is 1. The molecule has 2 N–H and O–H groups in total. The van der Waals surface area contributed by atoms with Crippen molar-refractivity contribution in [3.8, 4) is 0 Å². The summed E-state index contributed by atoms with van der Waals surface area (Å²) in [6.45, 7) is 4.33. The van der Waals surface area contributed by atoms with Crippen LogP contribution in [0.25, 0.3) is 0 Å². The number of rotatable bonds is 4. The van der Waals surface area contributed by atoms with Gasteiger partial charge >= 0.3 is 12.1 Å². The zero-order valence-electron chi connectivity index (χ0n) is 18.2. The highest BCUT2D eigenvalue weighted by Crippen LogP contribution is 2.43. The molecule has 1 unspecified atom stereocenters. The quantitative estimate of drug-likeness (QED) is 0.694. The molecule has 3 atom stereocenters. The molecule has 1 heterocycles. The van der Waals surface area contributed by atoms with Crippen LogP contribution in [-0.4, -0.2) is 43.4 Å². The lowest BCUT2D eigenvalue weighted by Gasteiger charge is -2.36. The van der Waals surface area contributed by atoms with E-state index in [0.29, 0.717) is 35.2 Å². The molecule has 6 nitrogen and oxygen atoms in total. The Morgan fingerprint density at radius 1 is 1.18 bits per heavy atom. The molecule has 0 spiro atoms. The van der Waals surface area contributed by atoms with E-state index in [2.05, 4.69) is 5.32 Å². The summed E-state index contributed by atoms with van der Waals surface area (Å²) in [7, 11) is -4.04. The van der Waals surface area contributed by atoms with E-state index in [9.17, 15) is 31.5 Å². The normalized spacial score (nSPS) is 24.0. The van der Waals surface area contributed by atoms with E-state index in [1.165, 1.54) is 16.4 Å². The minimum atomic E-state index is -4.48. The van der Waals surface area contributed by atoms with E-state index in [1.54, 1.807) is 26.0 Å². The second-order valence-electron chi connectivity index (χ2n) is 8.78. The maximum atomic E-state index is 13.9. The zero-order valence-corrected chi connectivity index (χ0v) is 19.0. The standard InChI is InChI=1S/C23H25F3N2O4S/c1-13-9-18-17(11-14(2)21(18)22(29)30)20(10-13)33(31,32)28-8-7-27-12-19(28)15-3-5-16(6-4-15)23(24,25)26/h3-6,9-10,14,19,21,27H,7-8,11-12H2,1-2H3,(H,29,30)/t14-,19?,21-/m1/s1. The highest BCUT2D eigenvalue weighted by atomic mass is 32.2. The van der Waals surface area contributed by atoms with Crippen molar-refractivity contribution in [2.45, 2.75) is 43.3 Å². The predicted octanol–water partition coefficient (Wildman–Crippen LogP) is 3.71. The first-order valence-corrected chi connectivity index (χ1v) is 12.1. The number of carboxylic acids is 1. The Kier molecular flexibility index (Phi) is 6.05. The number of carbonyl (C=O) groups is 1. The summed E-state index contributed by atoms with van der Waals surface area (Å²) in [4.78, 5) is 11.9. The van der Waals surface area contributed by atoms with Crippen LogP contribution in [0.15, 0.2) is 41.3 Å². The average molecular weight is 483 g/mol. The minimum Gasteiger partial charge on any atom is -0.481 e. The molecule has 33 heavy (non-hydrogen) atoms. The molecule has 0 bridgehead atoms. The van der Waals surface area contributed by atoms with Gasteiger partial charge in [0.15, 0.2) is 0 Å². The molecule has 2 aromatic rings. The molecular formula is C23H25F3N2O4S. The molecular weight excluding hydrogens is 457 g/mol. The topological polar surface area (TPSA) is 86.7 Å². The molecule has 178 valence electrons. The van der Waals surface area contributed by atoms with Gasteiger partial charge < -0.3 is 10.4 Å². The lowest BCUT2D eigenvalue weighted by Crippen LogP contribution is -2.48. The molecule has 0 radical (unpaired) electrons. The predicted molar refractivity (Wildman–Crippen MR) is 115 cm³/mol. The van der Waals surface area contributed by atoms with Gasteiger partial charge in [-0.25, -0.2) is 8.42 Å². The summed E-state index contributed by atoms with van der Waals surface area (Å²) < 4.78 is 68.0. The Morgan fingerprint density at radius 3 is 2.45 bits per heavy atom. The third-order valence-electron chi connectivity index (χ3n) is 6.49. The van der Waals surface area contributed by atoms with Crippen molar-refractivity contribution in [1.29, 1.82) is 0 Å². The van der Waals surface area contributed by atoms with E-state index in [0.717, 1.165) is 12.1 Å². The molecule has 0 saturated carbocycles. The first kappa shape index (κ1) is 23.7. The fourth-order valence-corrected chi connectivity index (χ4v) is 6.90. The first-order chi connectivity index (χ1) is 15.4. The number of halogens is 3. The van der Waals surface area contributed by atoms with Crippen LogP contribution in [-0.2, 0) is 27.4 Å². The Morgan fingerprint density at radius 2 is 1.85 bits per heavy atom. The van der Waals surface area contributed by atoms with Crippen LogP contribution in [0.2, 0.25) is 0 Å². The lowest BCUT2D eigenvalue weighted by molar-refractivity contribution is -0.140. The summed E-state index contributed by atoms with van der Waals surface area (Å²) in [5.74, 6) is -2.01. The van der Waals surface area contributed by atoms with Gasteiger partial charge in [-0.3, -0.25) is 4.79 Å². The SMILES string of the molecule is Cc1cc2c(c(S(=O)(=O)N3CCNCC3c3ccc(C(F)(F)F)cc3)c1)C[C@@H](C)[C@H]2C(=O)O. The summed E-state index contributed by atoms with van der Waals surface area (Å²) in [5.41, 5.74) is 1.35. The van der Waals surface area contributed by atoms with E-state index < -0.39 is 39.7 Å². The molecule has 0 aromatic heterocycles. The van der Waals surface area contributed by atoms with Gasteiger partial charge in [0.1, 0.15) is 0 Å². The second kappa shape index (κ2) is 8.41. The van der Waals surface area contributed by atoms with Crippen molar-refractivity contribution in [3.63, 3.8) is 0 Å². The van der Waals surface area contributed by atoms with E-state index in [1.807, 2.05) is 0 Å². The molecule has 4 rings (SSSR count). The van der Waals surface area contributed by atoms with Crippen molar-refractivity contribution < 1.29 is 31.5 Å². The summed E-state index contributed by atoms with van der Waals surface area (Å²) in [5, 5.41) is 12.8. The largest absolute Gasteiger partial charge is 0.481 e. The maximum absolute atomic E-state index is 13.9. The van der Waals surface area contributed by atoms with Crippen LogP contribution < -0.4 is 5.32 Å². The summed E-state index contributed by atoms with van der Waals surface area (Å²) in [6, 6.07) is 7.16. The van der Waals surface area contributed by atoms with E-state index in [-0.39, 0.29) is 23.9 Å². The van der Waals surface area contributed by atoms with Crippen LogP contribution in [0.1, 0.15) is 46.7 Å². The monoisotopic (exact) mass is 482 g/mol. The summed E-state index contributed by atoms with van der Waals surface area (Å²) in [6.07, 6.45) is -4.15. The molecule has 2 aliphatic rings. The van der Waals surface area contributed by atoms with Gasteiger partial charge in [-0.2, -0.15) is 17.5 Å². The number of sulfonamides is 1. The van der Waals surface area contributed by atoms with E-state index >= 15 is 0 Å². The number of fused-ring (bicyclic) bond motifs is 1. The van der Waals surface area contributed by atoms with E-state index in [4.69, 9.17) is 0 Å². The van der Waals surface area contributed by atoms with Crippen LogP contribution >= 0.6 is 0 Å². The minimum absolute atomic E-state index is 0.0897. The number of nitrogens with zero attached hydrogens (tertiary/aromatic N) is 1. The van der Waals surface area contributed by atoms with Crippen LogP contribution in [0.3, 0.4) is 0 Å². The van der Waals surface area contributed by atoms with Gasteiger partial charge in [-0.05, 0) is 59.7 Å². The lowest BCUT2D eigenvalue weighted by atomic mass is 9.94. The average Bonchev–Trinajstić information content (AvgIpc) is 3.08. The Balaban J connectivity index is 1.77. The molecule has 1 aliphatic heterocycles. The number of alkyl halides is 3. The smallest absolute Gasteiger partial charge is 0.416 e. The molecule has 0 amide bonds. The highest BCUT2D eigenvalue weighted by molar-refractivity contribution is 7.89. The van der Waals surface area contributed by atoms with Crippen LogP contribution in [0.4, 0.5) is 13.2 Å². The van der Waals surface area contributed by atoms with Crippen molar-refractivity contribution in [1.82, 2.24) is 9.62 Å². The third-order valence-corrected chi connectivity index (χ3v) is 8.46. The molecule has 1 saturated heterocycles. The molecule has 10 heteroatoms. The van der Waals surface area contributed by atoms with Gasteiger partial charge in [-0.1, -0.05) is 25.1 Å². The molecule has 1 fully saturated rings. The first-order valence-electron chi connectivity index (χ1n) is 10.7. The zero-order chi connectivity index (χ0) is 24.1. The van der Waals surface area contributed by atoms with Crippen LogP contribution in [0.5, 0.6) is 0 Å². The highest BCUT2D eigenvalue weighted by Gasteiger charge is 2.42. The Labute approximate surface area is 190 Å². The van der Waals surface area contributed by atoms with Gasteiger partial charge in [0.2, 0.25) is 10.0 Å². The maximum Gasteiger partial charge on any atom is 0.416 e. The van der Waals surface area contributed by atoms with Gasteiger partial charge in [0.25, 0.3) is 0 Å². The molecule has 2 aromatic carbocycles. The number of nitrogens with one attached hydrogen (secondary N) is 1. The fraction of sp³-hybridized carbons (Fsp3) is 0.435. The number of aliphatic carboxylic acids is 1. The third kappa shape index (κ3) is 4.27. The number of benzene rings is 2. The number of carboxylic acid groups (broad SMARTS) is 1.